The fourth-order valence-electron chi connectivity index (χ4n) is 2.78. The van der Waals surface area contributed by atoms with Crippen LogP contribution in [0.15, 0.2) is 65.6 Å². The Kier molecular flexibility index (Phi) is 6.55. The van der Waals surface area contributed by atoms with Gasteiger partial charge in [0.1, 0.15) is 16.4 Å². The summed E-state index contributed by atoms with van der Waals surface area (Å²) in [7, 11) is -1.35. The van der Waals surface area contributed by atoms with Crippen molar-refractivity contribution in [3.05, 3.63) is 81.8 Å². The molecule has 0 unspecified atom stereocenters. The minimum atomic E-state index is -4.13. The van der Waals surface area contributed by atoms with E-state index >= 15 is 0 Å². The third kappa shape index (κ3) is 4.53. The number of nitrogens with one attached hydrogen (secondary N) is 1. The summed E-state index contributed by atoms with van der Waals surface area (Å²) in [5.41, 5.74) is 0.330. The molecule has 9 heteroatoms. The van der Waals surface area contributed by atoms with E-state index < -0.39 is 15.8 Å². The van der Waals surface area contributed by atoms with Crippen molar-refractivity contribution in [2.45, 2.75) is 4.90 Å². The molecule has 3 aromatic carbocycles. The van der Waals surface area contributed by atoms with E-state index in [2.05, 4.69) is 4.72 Å². The maximum absolute atomic E-state index is 13.1. The average molecular weight is 466 g/mol. The Labute approximate surface area is 184 Å². The Morgan fingerprint density at radius 1 is 0.900 bits per heavy atom. The molecule has 0 fully saturated rings. The van der Waals surface area contributed by atoms with E-state index in [0.717, 1.165) is 0 Å². The fraction of sp³-hybridized carbons (Fsp3) is 0.0952. The number of carbonyl (C=O) groups is 1. The van der Waals surface area contributed by atoms with Crippen molar-refractivity contribution in [1.29, 1.82) is 0 Å². The normalized spacial score (nSPS) is 11.1. The summed E-state index contributed by atoms with van der Waals surface area (Å²) in [4.78, 5) is 12.9. The predicted molar refractivity (Wildman–Crippen MR) is 117 cm³/mol. The molecule has 0 spiro atoms. The van der Waals surface area contributed by atoms with Crippen LogP contribution in [-0.4, -0.2) is 28.4 Å². The highest BCUT2D eigenvalue weighted by Crippen LogP contribution is 2.32. The van der Waals surface area contributed by atoms with Crippen molar-refractivity contribution in [1.82, 2.24) is 0 Å². The lowest BCUT2D eigenvalue weighted by Gasteiger charge is -2.15. The van der Waals surface area contributed by atoms with Crippen molar-refractivity contribution in [3.63, 3.8) is 0 Å². The molecule has 0 atom stereocenters. The number of ketones is 1. The number of sulfonamides is 1. The Morgan fingerprint density at radius 3 is 2.30 bits per heavy atom. The van der Waals surface area contributed by atoms with E-state index in [4.69, 9.17) is 32.7 Å². The Morgan fingerprint density at radius 2 is 1.63 bits per heavy atom. The summed E-state index contributed by atoms with van der Waals surface area (Å²) in [6, 6.07) is 15.1. The maximum Gasteiger partial charge on any atom is 0.265 e. The van der Waals surface area contributed by atoms with Crippen molar-refractivity contribution in [2.24, 2.45) is 0 Å². The summed E-state index contributed by atoms with van der Waals surface area (Å²) in [6.45, 7) is 0. The van der Waals surface area contributed by atoms with Crippen molar-refractivity contribution >= 4 is 44.7 Å². The third-order valence-electron chi connectivity index (χ3n) is 4.25. The van der Waals surface area contributed by atoms with Crippen molar-refractivity contribution in [2.75, 3.05) is 18.9 Å². The molecular formula is C21H17Cl2NO5S. The Hall–Kier alpha value is -2.74. The molecule has 1 N–H and O–H groups in total. The van der Waals surface area contributed by atoms with Gasteiger partial charge in [0.25, 0.3) is 10.0 Å². The van der Waals surface area contributed by atoms with Crippen LogP contribution in [0.25, 0.3) is 0 Å². The SMILES string of the molecule is COc1ccc(OC)c(S(=O)(=O)Nc2ccc(Cl)cc2C(=O)c2ccccc2Cl)c1. The zero-order valence-electron chi connectivity index (χ0n) is 16.0. The number of rotatable bonds is 7. The fourth-order valence-corrected chi connectivity index (χ4v) is 4.44. The molecular weight excluding hydrogens is 449 g/mol. The largest absolute Gasteiger partial charge is 0.497 e. The van der Waals surface area contributed by atoms with E-state index in [0.29, 0.717) is 5.75 Å². The molecule has 0 saturated carbocycles. The van der Waals surface area contributed by atoms with Gasteiger partial charge in [-0.2, -0.15) is 0 Å². The van der Waals surface area contributed by atoms with Gasteiger partial charge in [-0.05, 0) is 42.5 Å². The molecule has 3 aromatic rings. The van der Waals surface area contributed by atoms with Crippen molar-refractivity contribution < 1.29 is 22.7 Å². The van der Waals surface area contributed by atoms with Crippen LogP contribution in [0, 0.1) is 0 Å². The molecule has 0 bridgehead atoms. The maximum atomic E-state index is 13.1. The van der Waals surface area contributed by atoms with Gasteiger partial charge in [-0.3, -0.25) is 9.52 Å². The molecule has 6 nitrogen and oxygen atoms in total. The molecule has 0 aliphatic heterocycles. The number of benzene rings is 3. The van der Waals surface area contributed by atoms with E-state index in [-0.39, 0.29) is 37.5 Å². The molecule has 0 aromatic heterocycles. The van der Waals surface area contributed by atoms with Gasteiger partial charge in [-0.1, -0.05) is 35.3 Å². The van der Waals surface area contributed by atoms with Crippen LogP contribution in [0.4, 0.5) is 5.69 Å². The second kappa shape index (κ2) is 8.95. The van der Waals surface area contributed by atoms with Gasteiger partial charge in [0, 0.05) is 22.2 Å². The summed E-state index contributed by atoms with van der Waals surface area (Å²) < 4.78 is 38.9. The van der Waals surface area contributed by atoms with Crippen LogP contribution < -0.4 is 14.2 Å². The van der Waals surface area contributed by atoms with Crippen LogP contribution in [0.5, 0.6) is 11.5 Å². The van der Waals surface area contributed by atoms with E-state index in [1.54, 1.807) is 30.3 Å². The first-order valence-electron chi connectivity index (χ1n) is 8.60. The first-order chi connectivity index (χ1) is 14.3. The highest BCUT2D eigenvalue weighted by atomic mass is 35.5. The standard InChI is InChI=1S/C21H17Cl2NO5S/c1-28-14-8-10-19(29-2)20(12-14)30(26,27)24-18-9-7-13(22)11-16(18)21(25)15-5-3-4-6-17(15)23/h3-12,24H,1-2H3. The van der Waals surface area contributed by atoms with Crippen LogP contribution in [-0.2, 0) is 10.0 Å². The van der Waals surface area contributed by atoms with Gasteiger partial charge in [-0.15, -0.1) is 0 Å². The summed E-state index contributed by atoms with van der Waals surface area (Å²) in [5.74, 6) is -0.0192. The Bertz CT molecular complexity index is 1210. The predicted octanol–water partition coefficient (Wildman–Crippen LogP) is 5.04. The topological polar surface area (TPSA) is 81.7 Å². The molecule has 0 aliphatic carbocycles. The van der Waals surface area contributed by atoms with Gasteiger partial charge >= 0.3 is 0 Å². The van der Waals surface area contributed by atoms with E-state index in [9.17, 15) is 13.2 Å². The number of hydrogen-bond acceptors (Lipinski definition) is 5. The number of hydrogen-bond donors (Lipinski definition) is 1. The zero-order valence-corrected chi connectivity index (χ0v) is 18.3. The minimum Gasteiger partial charge on any atom is -0.497 e. The summed E-state index contributed by atoms with van der Waals surface area (Å²) >= 11 is 12.2. The van der Waals surface area contributed by atoms with Gasteiger partial charge in [-0.25, -0.2) is 8.42 Å². The quantitative estimate of drug-likeness (QED) is 0.494. The lowest BCUT2D eigenvalue weighted by Crippen LogP contribution is -2.17. The molecule has 0 saturated heterocycles. The minimum absolute atomic E-state index is 0.0502. The molecule has 30 heavy (non-hydrogen) atoms. The van der Waals surface area contributed by atoms with Gasteiger partial charge in [0.15, 0.2) is 5.78 Å². The first-order valence-corrected chi connectivity index (χ1v) is 10.8. The van der Waals surface area contributed by atoms with Crippen LogP contribution >= 0.6 is 23.2 Å². The molecule has 156 valence electrons. The van der Waals surface area contributed by atoms with Crippen LogP contribution in [0.1, 0.15) is 15.9 Å². The van der Waals surface area contributed by atoms with E-state index in [1.165, 1.54) is 44.6 Å². The molecule has 0 heterocycles. The smallest absolute Gasteiger partial charge is 0.265 e. The third-order valence-corrected chi connectivity index (χ3v) is 6.20. The molecule has 0 radical (unpaired) electrons. The van der Waals surface area contributed by atoms with Gasteiger partial charge in [0.05, 0.1) is 24.9 Å². The van der Waals surface area contributed by atoms with Gasteiger partial charge < -0.3 is 9.47 Å². The van der Waals surface area contributed by atoms with Crippen LogP contribution in [0.2, 0.25) is 10.0 Å². The average Bonchev–Trinajstić information content (AvgIpc) is 2.74. The molecule has 3 rings (SSSR count). The number of ether oxygens (including phenoxy) is 2. The zero-order chi connectivity index (χ0) is 21.9. The highest BCUT2D eigenvalue weighted by Gasteiger charge is 2.24. The number of methoxy groups -OCH3 is 2. The number of carbonyl (C=O) groups excluding carboxylic acids is 1. The van der Waals surface area contributed by atoms with E-state index in [1.807, 2.05) is 0 Å². The monoisotopic (exact) mass is 465 g/mol. The second-order valence-electron chi connectivity index (χ2n) is 6.12. The highest BCUT2D eigenvalue weighted by molar-refractivity contribution is 7.92. The van der Waals surface area contributed by atoms with Gasteiger partial charge in [0.2, 0.25) is 0 Å². The summed E-state index contributed by atoms with van der Waals surface area (Å²) in [5, 5.41) is 0.512. The number of halogens is 2. The molecule has 0 amide bonds. The summed E-state index contributed by atoms with van der Waals surface area (Å²) in [6.07, 6.45) is 0. The second-order valence-corrected chi connectivity index (χ2v) is 8.62. The van der Waals surface area contributed by atoms with Crippen LogP contribution in [0.3, 0.4) is 0 Å². The van der Waals surface area contributed by atoms with Crippen molar-refractivity contribution in [3.8, 4) is 11.5 Å². The first kappa shape index (κ1) is 22.0. The Balaban J connectivity index is 2.08. The number of anilines is 1. The molecule has 0 aliphatic rings. The lowest BCUT2D eigenvalue weighted by atomic mass is 10.0. The lowest BCUT2D eigenvalue weighted by molar-refractivity contribution is 0.103.